The summed E-state index contributed by atoms with van der Waals surface area (Å²) >= 11 is 0. The summed E-state index contributed by atoms with van der Waals surface area (Å²) in [5.74, 6) is 0.487. The predicted molar refractivity (Wildman–Crippen MR) is 141 cm³/mol. The van der Waals surface area contributed by atoms with Crippen LogP contribution in [0.15, 0.2) is 48.5 Å². The highest BCUT2D eigenvalue weighted by Gasteiger charge is 2.38. The van der Waals surface area contributed by atoms with E-state index in [0.717, 1.165) is 17.0 Å². The minimum atomic E-state index is -0.478. The minimum absolute atomic E-state index is 0.104. The van der Waals surface area contributed by atoms with Crippen LogP contribution in [-0.2, 0) is 22.7 Å². The average Bonchev–Trinajstić information content (AvgIpc) is 3.47. The number of aryl methyl sites for hydroxylation is 2. The van der Waals surface area contributed by atoms with Crippen molar-refractivity contribution >= 4 is 17.7 Å². The van der Waals surface area contributed by atoms with Crippen molar-refractivity contribution in [3.05, 3.63) is 71.0 Å². The monoisotopic (exact) mass is 533 g/mol. The lowest BCUT2D eigenvalue weighted by Crippen LogP contribution is -2.45. The van der Waals surface area contributed by atoms with E-state index in [0.29, 0.717) is 30.2 Å². The van der Waals surface area contributed by atoms with Gasteiger partial charge in [0.15, 0.2) is 18.1 Å². The van der Waals surface area contributed by atoms with Gasteiger partial charge in [0.2, 0.25) is 5.91 Å². The molecule has 3 aliphatic heterocycles. The number of hydrogen-bond acceptors (Lipinski definition) is 7. The van der Waals surface area contributed by atoms with Gasteiger partial charge in [-0.25, -0.2) is 0 Å². The van der Waals surface area contributed by atoms with E-state index in [1.165, 1.54) is 13.2 Å². The van der Waals surface area contributed by atoms with Crippen LogP contribution in [0.4, 0.5) is 0 Å². The van der Waals surface area contributed by atoms with Gasteiger partial charge in [-0.15, -0.1) is 0 Å². The Morgan fingerprint density at radius 2 is 1.90 bits per heavy atom. The second-order valence-corrected chi connectivity index (χ2v) is 9.69. The lowest BCUT2D eigenvalue weighted by molar-refractivity contribution is -0.131. The Bertz CT molecular complexity index is 1390. The molecule has 0 saturated carbocycles. The van der Waals surface area contributed by atoms with Crippen molar-refractivity contribution in [1.82, 2.24) is 25.3 Å². The molecule has 0 aliphatic carbocycles. The van der Waals surface area contributed by atoms with Gasteiger partial charge in [0.1, 0.15) is 18.4 Å². The van der Waals surface area contributed by atoms with Gasteiger partial charge >= 0.3 is 0 Å². The Labute approximate surface area is 226 Å². The lowest BCUT2D eigenvalue weighted by Gasteiger charge is -2.21. The Balaban J connectivity index is 1.41. The van der Waals surface area contributed by atoms with Crippen LogP contribution >= 0.6 is 0 Å². The fraction of sp³-hybridized carbons (Fsp3) is 0.357. The van der Waals surface area contributed by atoms with E-state index in [-0.39, 0.29) is 43.2 Å². The Morgan fingerprint density at radius 3 is 2.62 bits per heavy atom. The zero-order chi connectivity index (χ0) is 27.5. The molecular formula is C28H31N5O6. The van der Waals surface area contributed by atoms with Gasteiger partial charge in [0, 0.05) is 24.3 Å². The number of methoxy groups -OCH3 is 1. The van der Waals surface area contributed by atoms with Crippen LogP contribution < -0.4 is 24.8 Å². The number of nitrogens with one attached hydrogen (secondary N) is 2. The maximum absolute atomic E-state index is 13.3. The maximum atomic E-state index is 13.3. The molecule has 11 heteroatoms. The van der Waals surface area contributed by atoms with Crippen molar-refractivity contribution in [2.75, 3.05) is 26.8 Å². The van der Waals surface area contributed by atoms with E-state index >= 15 is 0 Å². The Hall–Kier alpha value is -4.54. The molecule has 4 heterocycles. The van der Waals surface area contributed by atoms with Crippen molar-refractivity contribution in [2.45, 2.75) is 39.1 Å². The Kier molecular flexibility index (Phi) is 7.40. The van der Waals surface area contributed by atoms with Gasteiger partial charge in [-0.05, 0) is 55.8 Å². The summed E-state index contributed by atoms with van der Waals surface area (Å²) < 4.78 is 19.0. The molecule has 3 aliphatic rings. The van der Waals surface area contributed by atoms with Crippen molar-refractivity contribution in [2.24, 2.45) is 0 Å². The number of likely N-dealkylation sites (tertiary alicyclic amines) is 1. The summed E-state index contributed by atoms with van der Waals surface area (Å²) in [6.45, 7) is 4.57. The van der Waals surface area contributed by atoms with E-state index < -0.39 is 12.1 Å². The fourth-order valence-corrected chi connectivity index (χ4v) is 4.74. The van der Waals surface area contributed by atoms with Crippen LogP contribution in [0.25, 0.3) is 0 Å². The molecule has 2 atom stereocenters. The fourth-order valence-electron chi connectivity index (χ4n) is 4.74. The van der Waals surface area contributed by atoms with Crippen molar-refractivity contribution in [3.63, 3.8) is 0 Å². The molecule has 2 aromatic carbocycles. The van der Waals surface area contributed by atoms with Gasteiger partial charge in [-0.2, -0.15) is 5.10 Å². The number of carbonyl (C=O) groups excluding carboxylic acids is 3. The largest absolute Gasteiger partial charge is 0.493 e. The van der Waals surface area contributed by atoms with E-state index in [1.807, 2.05) is 44.2 Å². The molecule has 0 radical (unpaired) electrons. The second-order valence-electron chi connectivity index (χ2n) is 9.69. The number of rotatable bonds is 3. The third-order valence-corrected chi connectivity index (χ3v) is 6.81. The zero-order valence-corrected chi connectivity index (χ0v) is 22.1. The maximum Gasteiger partial charge on any atom is 0.258 e. The average molecular weight is 534 g/mol. The molecule has 3 aromatic rings. The first-order valence-corrected chi connectivity index (χ1v) is 12.7. The molecule has 204 valence electrons. The minimum Gasteiger partial charge on any atom is -0.493 e. The van der Waals surface area contributed by atoms with Crippen LogP contribution in [0.3, 0.4) is 0 Å². The molecule has 2 N–H and O–H groups in total. The third-order valence-electron chi connectivity index (χ3n) is 6.81. The number of benzene rings is 2. The van der Waals surface area contributed by atoms with Crippen LogP contribution in [-0.4, -0.2) is 71.4 Å². The lowest BCUT2D eigenvalue weighted by atomic mass is 10.1. The molecule has 4 bridgehead atoms. The number of hydrogen-bond donors (Lipinski definition) is 2. The third kappa shape index (κ3) is 5.97. The van der Waals surface area contributed by atoms with E-state index in [1.54, 1.807) is 21.7 Å². The van der Waals surface area contributed by atoms with Crippen molar-refractivity contribution < 1.29 is 28.6 Å². The summed E-state index contributed by atoms with van der Waals surface area (Å²) in [5.41, 5.74) is 2.96. The molecule has 6 rings (SSSR count). The zero-order valence-electron chi connectivity index (χ0n) is 22.1. The second kappa shape index (κ2) is 11.1. The van der Waals surface area contributed by atoms with Gasteiger partial charge in [0.25, 0.3) is 11.8 Å². The topological polar surface area (TPSA) is 124 Å². The molecule has 1 aromatic heterocycles. The number of amides is 3. The highest BCUT2D eigenvalue weighted by Crippen LogP contribution is 2.28. The number of carbonyl (C=O) groups is 3. The highest BCUT2D eigenvalue weighted by molar-refractivity contribution is 5.95. The highest BCUT2D eigenvalue weighted by atomic mass is 16.5. The molecule has 11 nitrogen and oxygen atoms in total. The van der Waals surface area contributed by atoms with E-state index in [4.69, 9.17) is 14.2 Å². The molecule has 3 amide bonds. The number of fused-ring (bicyclic) bond motifs is 7. The summed E-state index contributed by atoms with van der Waals surface area (Å²) in [6, 6.07) is 13.6. The normalized spacial score (nSPS) is 19.3. The van der Waals surface area contributed by atoms with Crippen LogP contribution in [0.2, 0.25) is 0 Å². The first kappa shape index (κ1) is 26.1. The molecule has 1 saturated heterocycles. The Morgan fingerprint density at radius 1 is 1.10 bits per heavy atom. The summed E-state index contributed by atoms with van der Waals surface area (Å²) in [7, 11) is 1.49. The van der Waals surface area contributed by atoms with Crippen molar-refractivity contribution in [3.8, 4) is 17.2 Å². The molecule has 1 fully saturated rings. The van der Waals surface area contributed by atoms with Crippen LogP contribution in [0.5, 0.6) is 17.2 Å². The molecule has 0 spiro atoms. The molecular weight excluding hydrogens is 502 g/mol. The van der Waals surface area contributed by atoms with E-state index in [9.17, 15) is 14.4 Å². The van der Waals surface area contributed by atoms with Gasteiger partial charge in [-0.3, -0.25) is 19.1 Å². The number of nitrogens with zero attached hydrogens (tertiary/aromatic N) is 3. The first-order chi connectivity index (χ1) is 18.8. The quantitative estimate of drug-likeness (QED) is 0.524. The summed E-state index contributed by atoms with van der Waals surface area (Å²) in [5, 5.41) is 10.2. The first-order valence-electron chi connectivity index (χ1n) is 12.7. The van der Waals surface area contributed by atoms with Crippen LogP contribution in [0, 0.1) is 13.8 Å². The number of ether oxygens (including phenoxy) is 3. The summed E-state index contributed by atoms with van der Waals surface area (Å²) in [4.78, 5) is 40.5. The van der Waals surface area contributed by atoms with Crippen LogP contribution in [0.1, 0.15) is 27.3 Å². The predicted octanol–water partition coefficient (Wildman–Crippen LogP) is 1.61. The molecule has 39 heavy (non-hydrogen) atoms. The van der Waals surface area contributed by atoms with Gasteiger partial charge < -0.3 is 29.7 Å². The number of aromatic nitrogens is 2. The van der Waals surface area contributed by atoms with Gasteiger partial charge in [0.05, 0.1) is 25.4 Å². The van der Waals surface area contributed by atoms with Crippen molar-refractivity contribution in [1.29, 1.82) is 0 Å². The smallest absolute Gasteiger partial charge is 0.258 e. The van der Waals surface area contributed by atoms with E-state index in [2.05, 4.69) is 15.7 Å². The standard InChI is InChI=1S/C28H31N5O6/c1-17-10-18(2)33(31-17)15-27(35)32-13-22-25(14-32)39-21-7-4-19(5-8-21)12-29-26(34)16-38-24-11-20(28(36)30-22)6-9-23(24)37-3/h4-11,22,25H,12-16H2,1-3H3,(H,29,34)(H,30,36)/t22-,25-/m0/s1. The summed E-state index contributed by atoms with van der Waals surface area (Å²) in [6.07, 6.45) is -0.478. The van der Waals surface area contributed by atoms with Gasteiger partial charge in [-0.1, -0.05) is 12.1 Å². The SMILES string of the molecule is COc1ccc2cc1OCC(=O)NCc1ccc(cc1)O[C@H]1CN(C(=O)Cn3nc(C)cc3C)C[C@@H]1NC2=O. The molecule has 0 unspecified atom stereocenters.